The average molecular weight is 348 g/mol. The van der Waals surface area contributed by atoms with Crippen LogP contribution in [0.1, 0.15) is 26.7 Å². The highest BCUT2D eigenvalue weighted by molar-refractivity contribution is 6.30. The van der Waals surface area contributed by atoms with E-state index in [0.29, 0.717) is 23.1 Å². The highest BCUT2D eigenvalue weighted by Crippen LogP contribution is 2.19. The third kappa shape index (κ3) is 5.78. The molecule has 1 N–H and O–H groups in total. The van der Waals surface area contributed by atoms with Crippen molar-refractivity contribution in [1.29, 1.82) is 0 Å². The summed E-state index contributed by atoms with van der Waals surface area (Å²) in [6, 6.07) is 14.2. The SMILES string of the molecule is CCCCOc1ccc(NC(=O)[C@@H](C)Oc2ccc(Cl)cc2)cc1. The molecular formula is C19H22ClNO3. The number of carbonyl (C=O) groups excluding carboxylic acids is 1. The maximum absolute atomic E-state index is 12.2. The van der Waals surface area contributed by atoms with Crippen molar-refractivity contribution < 1.29 is 14.3 Å². The number of anilines is 1. The number of carbonyl (C=O) groups is 1. The molecule has 4 nitrogen and oxygen atoms in total. The van der Waals surface area contributed by atoms with E-state index in [1.54, 1.807) is 31.2 Å². The summed E-state index contributed by atoms with van der Waals surface area (Å²) < 4.78 is 11.2. The number of hydrogen-bond acceptors (Lipinski definition) is 3. The molecular weight excluding hydrogens is 326 g/mol. The van der Waals surface area contributed by atoms with Crippen molar-refractivity contribution in [2.24, 2.45) is 0 Å². The van der Waals surface area contributed by atoms with Gasteiger partial charge in [-0.1, -0.05) is 24.9 Å². The van der Waals surface area contributed by atoms with E-state index >= 15 is 0 Å². The van der Waals surface area contributed by atoms with Crippen LogP contribution < -0.4 is 14.8 Å². The van der Waals surface area contributed by atoms with Gasteiger partial charge in [-0.25, -0.2) is 0 Å². The first kappa shape index (κ1) is 18.1. The van der Waals surface area contributed by atoms with Gasteiger partial charge in [-0.05, 0) is 61.9 Å². The Labute approximate surface area is 147 Å². The molecule has 0 radical (unpaired) electrons. The lowest BCUT2D eigenvalue weighted by molar-refractivity contribution is -0.122. The highest BCUT2D eigenvalue weighted by atomic mass is 35.5. The number of ether oxygens (including phenoxy) is 2. The molecule has 0 unspecified atom stereocenters. The second-order valence-electron chi connectivity index (χ2n) is 5.43. The minimum atomic E-state index is -0.619. The van der Waals surface area contributed by atoms with Crippen molar-refractivity contribution in [2.45, 2.75) is 32.8 Å². The fourth-order valence-electron chi connectivity index (χ4n) is 1.98. The quantitative estimate of drug-likeness (QED) is 0.689. The van der Waals surface area contributed by atoms with Crippen LogP contribution in [0.2, 0.25) is 5.02 Å². The third-order valence-electron chi connectivity index (χ3n) is 3.38. The van der Waals surface area contributed by atoms with Crippen molar-refractivity contribution in [3.8, 4) is 11.5 Å². The van der Waals surface area contributed by atoms with Crippen LogP contribution in [0.5, 0.6) is 11.5 Å². The molecule has 1 atom stereocenters. The fourth-order valence-corrected chi connectivity index (χ4v) is 2.11. The Bertz CT molecular complexity index is 641. The van der Waals surface area contributed by atoms with E-state index in [1.807, 2.05) is 24.3 Å². The molecule has 5 heteroatoms. The van der Waals surface area contributed by atoms with Gasteiger partial charge in [-0.3, -0.25) is 4.79 Å². The summed E-state index contributed by atoms with van der Waals surface area (Å²) in [5.41, 5.74) is 0.703. The number of amides is 1. The number of halogens is 1. The van der Waals surface area contributed by atoms with Crippen molar-refractivity contribution in [2.75, 3.05) is 11.9 Å². The van der Waals surface area contributed by atoms with Gasteiger partial charge in [-0.15, -0.1) is 0 Å². The standard InChI is InChI=1S/C19H22ClNO3/c1-3-4-13-23-17-11-7-16(8-12-17)21-19(22)14(2)24-18-9-5-15(20)6-10-18/h5-12,14H,3-4,13H2,1-2H3,(H,21,22)/t14-/m1/s1. The molecule has 2 rings (SSSR count). The zero-order valence-corrected chi connectivity index (χ0v) is 14.7. The Morgan fingerprint density at radius 2 is 1.71 bits per heavy atom. The molecule has 0 aliphatic rings. The van der Waals surface area contributed by atoms with E-state index in [-0.39, 0.29) is 5.91 Å². The molecule has 0 heterocycles. The Morgan fingerprint density at radius 3 is 2.33 bits per heavy atom. The van der Waals surface area contributed by atoms with Crippen LogP contribution in [0.4, 0.5) is 5.69 Å². The van der Waals surface area contributed by atoms with Crippen molar-refractivity contribution in [3.05, 3.63) is 53.6 Å². The average Bonchev–Trinajstić information content (AvgIpc) is 2.58. The van der Waals surface area contributed by atoms with E-state index in [9.17, 15) is 4.79 Å². The molecule has 2 aromatic rings. The Kier molecular flexibility index (Phi) is 6.94. The monoisotopic (exact) mass is 347 g/mol. The zero-order valence-electron chi connectivity index (χ0n) is 13.9. The molecule has 0 saturated heterocycles. The summed E-state index contributed by atoms with van der Waals surface area (Å²) in [5, 5.41) is 3.45. The van der Waals surface area contributed by atoms with E-state index in [1.165, 1.54) is 0 Å². The number of hydrogen-bond donors (Lipinski definition) is 1. The van der Waals surface area contributed by atoms with Crippen molar-refractivity contribution >= 4 is 23.2 Å². The molecule has 128 valence electrons. The molecule has 0 aliphatic carbocycles. The highest BCUT2D eigenvalue weighted by Gasteiger charge is 2.14. The van der Waals surface area contributed by atoms with Gasteiger partial charge in [0.05, 0.1) is 6.61 Å². The second-order valence-corrected chi connectivity index (χ2v) is 5.87. The van der Waals surface area contributed by atoms with Gasteiger partial charge in [0.2, 0.25) is 0 Å². The summed E-state index contributed by atoms with van der Waals surface area (Å²) in [6.45, 7) is 4.52. The van der Waals surface area contributed by atoms with Crippen molar-refractivity contribution in [3.63, 3.8) is 0 Å². The lowest BCUT2D eigenvalue weighted by atomic mass is 10.2. The van der Waals surface area contributed by atoms with E-state index in [0.717, 1.165) is 18.6 Å². The van der Waals surface area contributed by atoms with Crippen LogP contribution in [0.15, 0.2) is 48.5 Å². The fraction of sp³-hybridized carbons (Fsp3) is 0.316. The van der Waals surface area contributed by atoms with Gasteiger partial charge < -0.3 is 14.8 Å². The molecule has 24 heavy (non-hydrogen) atoms. The van der Waals surface area contributed by atoms with Crippen LogP contribution in [-0.2, 0) is 4.79 Å². The molecule has 0 aromatic heterocycles. The molecule has 0 aliphatic heterocycles. The normalized spacial score (nSPS) is 11.6. The smallest absolute Gasteiger partial charge is 0.265 e. The summed E-state index contributed by atoms with van der Waals surface area (Å²) in [6.07, 6.45) is 1.50. The van der Waals surface area contributed by atoms with Crippen LogP contribution in [-0.4, -0.2) is 18.6 Å². The molecule has 1 amide bonds. The van der Waals surface area contributed by atoms with Crippen molar-refractivity contribution in [1.82, 2.24) is 0 Å². The van der Waals surface area contributed by atoms with Gasteiger partial charge in [0.15, 0.2) is 6.10 Å². The molecule has 0 bridgehead atoms. The maximum atomic E-state index is 12.2. The van der Waals surface area contributed by atoms with Gasteiger partial charge in [0.1, 0.15) is 11.5 Å². The summed E-state index contributed by atoms with van der Waals surface area (Å²) in [4.78, 5) is 12.2. The predicted octanol–water partition coefficient (Wildman–Crippen LogP) is 4.92. The van der Waals surface area contributed by atoms with Crippen LogP contribution in [0, 0.1) is 0 Å². The predicted molar refractivity (Wildman–Crippen MR) is 97.0 cm³/mol. The van der Waals surface area contributed by atoms with Crippen LogP contribution in [0.3, 0.4) is 0 Å². The van der Waals surface area contributed by atoms with Gasteiger partial charge >= 0.3 is 0 Å². The maximum Gasteiger partial charge on any atom is 0.265 e. The van der Waals surface area contributed by atoms with Gasteiger partial charge in [-0.2, -0.15) is 0 Å². The molecule has 2 aromatic carbocycles. The molecule has 0 saturated carbocycles. The van der Waals surface area contributed by atoms with Gasteiger partial charge in [0, 0.05) is 10.7 Å². The largest absolute Gasteiger partial charge is 0.494 e. The minimum Gasteiger partial charge on any atom is -0.494 e. The zero-order chi connectivity index (χ0) is 17.4. The van der Waals surface area contributed by atoms with E-state index < -0.39 is 6.10 Å². The van der Waals surface area contributed by atoms with Crippen LogP contribution >= 0.6 is 11.6 Å². The summed E-state index contributed by atoms with van der Waals surface area (Å²) in [5.74, 6) is 1.18. The first-order valence-corrected chi connectivity index (χ1v) is 8.42. The molecule has 0 fully saturated rings. The van der Waals surface area contributed by atoms with Gasteiger partial charge in [0.25, 0.3) is 5.91 Å². The second kappa shape index (κ2) is 9.18. The number of rotatable bonds is 8. The number of benzene rings is 2. The lowest BCUT2D eigenvalue weighted by Crippen LogP contribution is -2.30. The lowest BCUT2D eigenvalue weighted by Gasteiger charge is -2.15. The van der Waals surface area contributed by atoms with E-state index in [4.69, 9.17) is 21.1 Å². The third-order valence-corrected chi connectivity index (χ3v) is 3.64. The summed E-state index contributed by atoms with van der Waals surface area (Å²) >= 11 is 5.83. The van der Waals surface area contributed by atoms with Crippen LogP contribution in [0.25, 0.3) is 0 Å². The Balaban J connectivity index is 1.85. The Hall–Kier alpha value is -2.20. The number of nitrogens with one attached hydrogen (secondary N) is 1. The number of unbranched alkanes of at least 4 members (excludes halogenated alkanes) is 1. The minimum absolute atomic E-state index is 0.218. The summed E-state index contributed by atoms with van der Waals surface area (Å²) in [7, 11) is 0. The first-order chi connectivity index (χ1) is 11.6. The topological polar surface area (TPSA) is 47.6 Å². The Morgan fingerprint density at radius 1 is 1.08 bits per heavy atom. The molecule has 0 spiro atoms. The van der Waals surface area contributed by atoms with E-state index in [2.05, 4.69) is 12.2 Å². The first-order valence-electron chi connectivity index (χ1n) is 8.04.